The molecular formula is C22H19BrN2O4. The maximum absolute atomic E-state index is 12.4. The van der Waals surface area contributed by atoms with Crippen molar-refractivity contribution in [3.05, 3.63) is 94.5 Å². The van der Waals surface area contributed by atoms with Gasteiger partial charge in [-0.05, 0) is 42.0 Å². The van der Waals surface area contributed by atoms with E-state index in [2.05, 4.69) is 26.7 Å². The molecule has 148 valence electrons. The summed E-state index contributed by atoms with van der Waals surface area (Å²) < 4.78 is 6.46. The molecular weight excluding hydrogens is 436 g/mol. The Morgan fingerprint density at radius 3 is 2.31 bits per heavy atom. The normalized spacial score (nSPS) is 10.2. The van der Waals surface area contributed by atoms with Crippen LogP contribution in [0.15, 0.2) is 83.3 Å². The fraction of sp³-hybridized carbons (Fsp3) is 0.0909. The zero-order valence-corrected chi connectivity index (χ0v) is 17.0. The second-order valence-corrected chi connectivity index (χ2v) is 6.96. The van der Waals surface area contributed by atoms with Gasteiger partial charge in [-0.15, -0.1) is 0 Å². The number of halogens is 1. The number of carbonyl (C=O) groups is 2. The number of amides is 2. The molecule has 0 saturated carbocycles. The second-order valence-electron chi connectivity index (χ2n) is 6.05. The molecule has 0 unspecified atom stereocenters. The number of hydrogen-bond acceptors (Lipinski definition) is 4. The maximum atomic E-state index is 12.4. The summed E-state index contributed by atoms with van der Waals surface area (Å²) in [5, 5.41) is 2.73. The molecule has 3 aromatic carbocycles. The summed E-state index contributed by atoms with van der Waals surface area (Å²) in [4.78, 5) is 29.8. The number of nitrogens with one attached hydrogen (secondary N) is 2. The van der Waals surface area contributed by atoms with Gasteiger partial charge in [-0.25, -0.2) is 5.48 Å². The van der Waals surface area contributed by atoms with E-state index in [0.29, 0.717) is 11.4 Å². The van der Waals surface area contributed by atoms with Crippen LogP contribution < -0.4 is 15.5 Å². The average Bonchev–Trinajstić information content (AvgIpc) is 2.75. The Morgan fingerprint density at radius 1 is 0.862 bits per heavy atom. The largest absolute Gasteiger partial charge is 0.483 e. The number of anilines is 1. The van der Waals surface area contributed by atoms with Gasteiger partial charge in [-0.1, -0.05) is 58.4 Å². The third-order valence-electron chi connectivity index (χ3n) is 3.86. The van der Waals surface area contributed by atoms with Gasteiger partial charge in [0.1, 0.15) is 5.75 Å². The van der Waals surface area contributed by atoms with E-state index in [1.165, 1.54) is 0 Å². The van der Waals surface area contributed by atoms with E-state index in [0.717, 1.165) is 10.0 Å². The third-order valence-corrected chi connectivity index (χ3v) is 4.39. The molecule has 6 nitrogen and oxygen atoms in total. The fourth-order valence-electron chi connectivity index (χ4n) is 2.47. The molecule has 0 radical (unpaired) electrons. The number of carbonyl (C=O) groups excluding carboxylic acids is 2. The molecule has 0 atom stereocenters. The summed E-state index contributed by atoms with van der Waals surface area (Å²) in [5.74, 6) is -0.494. The molecule has 0 aliphatic carbocycles. The molecule has 0 saturated heterocycles. The number of para-hydroxylation sites is 1. The van der Waals surface area contributed by atoms with Crippen LogP contribution in [0.1, 0.15) is 15.9 Å². The minimum atomic E-state index is -0.454. The second kappa shape index (κ2) is 10.4. The molecule has 2 N–H and O–H groups in total. The topological polar surface area (TPSA) is 76.7 Å². The highest BCUT2D eigenvalue weighted by atomic mass is 79.9. The Morgan fingerprint density at radius 2 is 1.55 bits per heavy atom. The van der Waals surface area contributed by atoms with Crippen LogP contribution in [0.5, 0.6) is 5.75 Å². The smallest absolute Gasteiger partial charge is 0.278 e. The van der Waals surface area contributed by atoms with Gasteiger partial charge in [0.05, 0.1) is 12.2 Å². The van der Waals surface area contributed by atoms with Crippen LogP contribution in [-0.2, 0) is 16.2 Å². The SMILES string of the molecule is O=C(COc1ccccc1C(=O)NOCc1ccccc1)Nc1ccc(Br)cc1. The van der Waals surface area contributed by atoms with Crippen molar-refractivity contribution in [1.29, 1.82) is 0 Å². The van der Waals surface area contributed by atoms with E-state index in [-0.39, 0.29) is 24.7 Å². The van der Waals surface area contributed by atoms with Crippen LogP contribution in [0.25, 0.3) is 0 Å². The highest BCUT2D eigenvalue weighted by molar-refractivity contribution is 9.10. The molecule has 0 aliphatic rings. The summed E-state index contributed by atoms with van der Waals surface area (Å²) in [6.07, 6.45) is 0. The van der Waals surface area contributed by atoms with E-state index < -0.39 is 5.91 Å². The highest BCUT2D eigenvalue weighted by Gasteiger charge is 2.13. The van der Waals surface area contributed by atoms with Gasteiger partial charge < -0.3 is 10.1 Å². The van der Waals surface area contributed by atoms with Crippen LogP contribution in [0, 0.1) is 0 Å². The van der Waals surface area contributed by atoms with E-state index in [1.807, 2.05) is 42.5 Å². The summed E-state index contributed by atoms with van der Waals surface area (Å²) in [6, 6.07) is 23.3. The van der Waals surface area contributed by atoms with Crippen molar-refractivity contribution in [3.8, 4) is 5.75 Å². The lowest BCUT2D eigenvalue weighted by molar-refractivity contribution is -0.118. The first-order chi connectivity index (χ1) is 14.1. The third kappa shape index (κ3) is 6.44. The lowest BCUT2D eigenvalue weighted by Gasteiger charge is -2.12. The van der Waals surface area contributed by atoms with Gasteiger partial charge in [0.15, 0.2) is 6.61 Å². The van der Waals surface area contributed by atoms with Gasteiger partial charge in [0.2, 0.25) is 0 Å². The van der Waals surface area contributed by atoms with Gasteiger partial charge in [0, 0.05) is 10.2 Å². The molecule has 0 aliphatic heterocycles. The molecule has 0 bridgehead atoms. The summed E-state index contributed by atoms with van der Waals surface area (Å²) >= 11 is 3.34. The molecule has 3 aromatic rings. The van der Waals surface area contributed by atoms with Crippen molar-refractivity contribution >= 4 is 33.4 Å². The molecule has 3 rings (SSSR count). The van der Waals surface area contributed by atoms with E-state index in [4.69, 9.17) is 9.57 Å². The summed E-state index contributed by atoms with van der Waals surface area (Å²) in [7, 11) is 0. The average molecular weight is 455 g/mol. The number of rotatable bonds is 8. The predicted molar refractivity (Wildman–Crippen MR) is 113 cm³/mol. The van der Waals surface area contributed by atoms with Gasteiger partial charge in [-0.2, -0.15) is 0 Å². The number of hydrogen-bond donors (Lipinski definition) is 2. The molecule has 0 heterocycles. The molecule has 29 heavy (non-hydrogen) atoms. The molecule has 0 spiro atoms. The minimum absolute atomic E-state index is 0.231. The lowest BCUT2D eigenvalue weighted by atomic mass is 10.2. The van der Waals surface area contributed by atoms with Crippen molar-refractivity contribution in [3.63, 3.8) is 0 Å². The van der Waals surface area contributed by atoms with Crippen LogP contribution in [0.3, 0.4) is 0 Å². The first kappa shape index (κ1) is 20.6. The maximum Gasteiger partial charge on any atom is 0.278 e. The lowest BCUT2D eigenvalue weighted by Crippen LogP contribution is -2.25. The first-order valence-electron chi connectivity index (χ1n) is 8.85. The van der Waals surface area contributed by atoms with Crippen LogP contribution in [0.2, 0.25) is 0 Å². The standard InChI is InChI=1S/C22H19BrN2O4/c23-17-10-12-18(13-11-17)24-21(26)15-28-20-9-5-4-8-19(20)22(27)25-29-14-16-6-2-1-3-7-16/h1-13H,14-15H2,(H,24,26)(H,25,27). The van der Waals surface area contributed by atoms with E-state index in [9.17, 15) is 9.59 Å². The van der Waals surface area contributed by atoms with E-state index in [1.54, 1.807) is 36.4 Å². The first-order valence-corrected chi connectivity index (χ1v) is 9.64. The van der Waals surface area contributed by atoms with Crippen LogP contribution in [0.4, 0.5) is 5.69 Å². The Balaban J connectivity index is 1.53. The van der Waals surface area contributed by atoms with Gasteiger partial charge in [-0.3, -0.25) is 14.4 Å². The zero-order chi connectivity index (χ0) is 20.5. The summed E-state index contributed by atoms with van der Waals surface area (Å²) in [5.41, 5.74) is 4.26. The molecule has 0 aromatic heterocycles. The van der Waals surface area contributed by atoms with Gasteiger partial charge in [0.25, 0.3) is 11.8 Å². The zero-order valence-electron chi connectivity index (χ0n) is 15.4. The minimum Gasteiger partial charge on any atom is -0.483 e. The van der Waals surface area contributed by atoms with Crippen molar-refractivity contribution in [2.45, 2.75) is 6.61 Å². The molecule has 0 fully saturated rings. The Bertz CT molecular complexity index is 962. The molecule has 7 heteroatoms. The predicted octanol–water partition coefficient (Wildman–Crippen LogP) is 4.33. The van der Waals surface area contributed by atoms with Crippen molar-refractivity contribution in [2.24, 2.45) is 0 Å². The number of hydroxylamine groups is 1. The Labute approximate surface area is 176 Å². The van der Waals surface area contributed by atoms with Crippen LogP contribution in [-0.4, -0.2) is 18.4 Å². The summed E-state index contributed by atoms with van der Waals surface area (Å²) in [6.45, 7) is 0.0103. The van der Waals surface area contributed by atoms with E-state index >= 15 is 0 Å². The van der Waals surface area contributed by atoms with Crippen LogP contribution >= 0.6 is 15.9 Å². The Hall–Kier alpha value is -3.16. The monoisotopic (exact) mass is 454 g/mol. The quantitative estimate of drug-likeness (QED) is 0.496. The number of ether oxygens (including phenoxy) is 1. The van der Waals surface area contributed by atoms with Crippen molar-refractivity contribution < 1.29 is 19.2 Å². The molecule has 2 amide bonds. The fourth-order valence-corrected chi connectivity index (χ4v) is 2.73. The highest BCUT2D eigenvalue weighted by Crippen LogP contribution is 2.18. The number of benzene rings is 3. The van der Waals surface area contributed by atoms with Crippen molar-refractivity contribution in [2.75, 3.05) is 11.9 Å². The Kier molecular flexibility index (Phi) is 7.38. The van der Waals surface area contributed by atoms with Gasteiger partial charge >= 0.3 is 0 Å². The van der Waals surface area contributed by atoms with Crippen molar-refractivity contribution in [1.82, 2.24) is 5.48 Å².